The molecule has 2 rings (SSSR count). The van der Waals surface area contributed by atoms with Gasteiger partial charge in [-0.25, -0.2) is 4.39 Å². The Labute approximate surface area is 116 Å². The minimum absolute atomic E-state index is 0.141. The molecule has 0 aliphatic heterocycles. The van der Waals surface area contributed by atoms with Crippen LogP contribution in [0.25, 0.3) is 0 Å². The van der Waals surface area contributed by atoms with Crippen LogP contribution in [0.5, 0.6) is 0 Å². The molecule has 18 heavy (non-hydrogen) atoms. The Kier molecular flexibility index (Phi) is 4.04. The van der Waals surface area contributed by atoms with Gasteiger partial charge < -0.3 is 9.73 Å². The molecule has 0 fully saturated rings. The molecule has 1 aromatic heterocycles. The molecule has 6 heteroatoms. The van der Waals surface area contributed by atoms with Gasteiger partial charge in [0.05, 0.1) is 29.7 Å². The van der Waals surface area contributed by atoms with E-state index in [1.807, 2.05) is 0 Å². The highest BCUT2D eigenvalue weighted by Crippen LogP contribution is 2.31. The second-order valence-corrected chi connectivity index (χ2v) is 4.86. The van der Waals surface area contributed by atoms with E-state index in [1.165, 1.54) is 18.6 Å². The van der Waals surface area contributed by atoms with E-state index in [2.05, 4.69) is 21.2 Å². The van der Waals surface area contributed by atoms with Crippen molar-refractivity contribution in [2.75, 3.05) is 5.32 Å². The molecule has 1 heterocycles. The van der Waals surface area contributed by atoms with Crippen LogP contribution in [0.3, 0.4) is 0 Å². The fraction of sp³-hybridized carbons (Fsp3) is 0.0833. The first-order valence-electron chi connectivity index (χ1n) is 5.01. The van der Waals surface area contributed by atoms with Crippen LogP contribution in [-0.4, -0.2) is 5.91 Å². The molecule has 0 aliphatic rings. The Morgan fingerprint density at radius 1 is 1.50 bits per heavy atom. The highest BCUT2D eigenvalue weighted by Gasteiger charge is 2.12. The third kappa shape index (κ3) is 3.11. The van der Waals surface area contributed by atoms with Crippen molar-refractivity contribution in [3.8, 4) is 0 Å². The Balaban J connectivity index is 2.12. The molecule has 0 unspecified atom stereocenters. The summed E-state index contributed by atoms with van der Waals surface area (Å²) in [6.45, 7) is 0. The summed E-state index contributed by atoms with van der Waals surface area (Å²) in [4.78, 5) is 11.7. The van der Waals surface area contributed by atoms with Crippen LogP contribution in [-0.2, 0) is 11.2 Å². The van der Waals surface area contributed by atoms with Crippen LogP contribution in [0, 0.1) is 5.82 Å². The molecule has 1 N–H and O–H groups in total. The first-order valence-corrected chi connectivity index (χ1v) is 6.19. The number of anilines is 1. The van der Waals surface area contributed by atoms with Crippen molar-refractivity contribution in [2.24, 2.45) is 0 Å². The van der Waals surface area contributed by atoms with Gasteiger partial charge in [0.2, 0.25) is 5.91 Å². The van der Waals surface area contributed by atoms with Crippen molar-refractivity contribution in [3.63, 3.8) is 0 Å². The first kappa shape index (κ1) is 13.1. The number of carbonyl (C=O) groups is 1. The highest BCUT2D eigenvalue weighted by atomic mass is 79.9. The standard InChI is InChI=1S/C12H8BrClFNO2/c13-9-4-8(15)5-10(14)12(9)16-11(17)3-7-1-2-18-6-7/h1-2,4-6H,3H2,(H,16,17). The number of amides is 1. The van der Waals surface area contributed by atoms with Crippen molar-refractivity contribution in [2.45, 2.75) is 6.42 Å². The van der Waals surface area contributed by atoms with Gasteiger partial charge in [-0.05, 0) is 39.7 Å². The minimum atomic E-state index is -0.472. The van der Waals surface area contributed by atoms with Gasteiger partial charge in [-0.15, -0.1) is 0 Å². The number of carbonyl (C=O) groups excluding carboxylic acids is 1. The summed E-state index contributed by atoms with van der Waals surface area (Å²) in [6.07, 6.45) is 3.14. The normalized spacial score (nSPS) is 10.4. The first-order chi connectivity index (χ1) is 8.56. The number of rotatable bonds is 3. The summed E-state index contributed by atoms with van der Waals surface area (Å²) in [5, 5.41) is 2.76. The predicted octanol–water partition coefficient (Wildman–Crippen LogP) is 4.02. The van der Waals surface area contributed by atoms with Crippen LogP contribution in [0.4, 0.5) is 10.1 Å². The van der Waals surface area contributed by atoms with Gasteiger partial charge in [0.25, 0.3) is 0 Å². The molecule has 0 aliphatic carbocycles. The Morgan fingerprint density at radius 3 is 2.89 bits per heavy atom. The molecule has 0 bridgehead atoms. The van der Waals surface area contributed by atoms with Crippen LogP contribution in [0.15, 0.2) is 39.6 Å². The second kappa shape index (κ2) is 5.54. The Morgan fingerprint density at radius 2 is 2.28 bits per heavy atom. The third-order valence-corrected chi connectivity index (χ3v) is 3.14. The van der Waals surface area contributed by atoms with E-state index < -0.39 is 5.82 Å². The molecule has 3 nitrogen and oxygen atoms in total. The zero-order valence-corrected chi connectivity index (χ0v) is 11.4. The zero-order chi connectivity index (χ0) is 13.1. The van der Waals surface area contributed by atoms with Crippen molar-refractivity contribution in [1.82, 2.24) is 0 Å². The summed E-state index contributed by atoms with van der Waals surface area (Å²) in [6, 6.07) is 4.07. The quantitative estimate of drug-likeness (QED) is 0.922. The number of hydrogen-bond acceptors (Lipinski definition) is 2. The molecule has 0 spiro atoms. The van der Waals surface area contributed by atoms with Crippen molar-refractivity contribution >= 4 is 39.1 Å². The molecule has 94 valence electrons. The molecule has 0 atom stereocenters. The summed E-state index contributed by atoms with van der Waals surface area (Å²) in [7, 11) is 0. The summed E-state index contributed by atoms with van der Waals surface area (Å²) in [5.74, 6) is -0.731. The van der Waals surface area contributed by atoms with E-state index in [9.17, 15) is 9.18 Å². The van der Waals surface area contributed by atoms with Gasteiger partial charge in [0.1, 0.15) is 5.82 Å². The van der Waals surface area contributed by atoms with E-state index in [0.717, 1.165) is 11.6 Å². The summed E-state index contributed by atoms with van der Waals surface area (Å²) < 4.78 is 18.3. The number of nitrogens with one attached hydrogen (secondary N) is 1. The van der Waals surface area contributed by atoms with Gasteiger partial charge in [0.15, 0.2) is 0 Å². The van der Waals surface area contributed by atoms with Gasteiger partial charge in [-0.2, -0.15) is 0 Å². The van der Waals surface area contributed by atoms with E-state index in [1.54, 1.807) is 6.07 Å². The van der Waals surface area contributed by atoms with Crippen LogP contribution in [0.1, 0.15) is 5.56 Å². The molecule has 0 saturated carbocycles. The van der Waals surface area contributed by atoms with Crippen molar-refractivity contribution < 1.29 is 13.6 Å². The Bertz CT molecular complexity index is 548. The average molecular weight is 333 g/mol. The zero-order valence-electron chi connectivity index (χ0n) is 9.04. The number of halogens is 3. The third-order valence-electron chi connectivity index (χ3n) is 2.22. The van der Waals surface area contributed by atoms with Gasteiger partial charge in [-0.1, -0.05) is 11.6 Å². The van der Waals surface area contributed by atoms with Crippen LogP contribution >= 0.6 is 27.5 Å². The van der Waals surface area contributed by atoms with Gasteiger partial charge >= 0.3 is 0 Å². The van der Waals surface area contributed by atoms with Crippen LogP contribution < -0.4 is 5.32 Å². The summed E-state index contributed by atoms with van der Waals surface area (Å²) >= 11 is 9.00. The van der Waals surface area contributed by atoms with E-state index in [0.29, 0.717) is 10.2 Å². The molecular formula is C12H8BrClFNO2. The molecule has 1 amide bonds. The van der Waals surface area contributed by atoms with E-state index in [-0.39, 0.29) is 17.4 Å². The SMILES string of the molecule is O=C(Cc1ccoc1)Nc1c(Cl)cc(F)cc1Br. The molecular weight excluding hydrogens is 324 g/mol. The maximum Gasteiger partial charge on any atom is 0.228 e. The predicted molar refractivity (Wildman–Crippen MR) is 70.2 cm³/mol. The van der Waals surface area contributed by atoms with Crippen molar-refractivity contribution in [1.29, 1.82) is 0 Å². The lowest BCUT2D eigenvalue weighted by molar-refractivity contribution is -0.115. The molecule has 2 aromatic rings. The fourth-order valence-electron chi connectivity index (χ4n) is 1.42. The molecule has 0 radical (unpaired) electrons. The Hall–Kier alpha value is -1.33. The molecule has 1 aromatic carbocycles. The lowest BCUT2D eigenvalue weighted by atomic mass is 10.2. The maximum absolute atomic E-state index is 13.0. The largest absolute Gasteiger partial charge is 0.472 e. The minimum Gasteiger partial charge on any atom is -0.472 e. The maximum atomic E-state index is 13.0. The monoisotopic (exact) mass is 331 g/mol. The topological polar surface area (TPSA) is 42.2 Å². The van der Waals surface area contributed by atoms with Crippen molar-refractivity contribution in [3.05, 3.63) is 51.6 Å². The van der Waals surface area contributed by atoms with E-state index >= 15 is 0 Å². The number of hydrogen-bond donors (Lipinski definition) is 1. The van der Waals surface area contributed by atoms with Gasteiger partial charge in [-0.3, -0.25) is 4.79 Å². The number of furan rings is 1. The lowest BCUT2D eigenvalue weighted by Crippen LogP contribution is -2.14. The van der Waals surface area contributed by atoms with Crippen LogP contribution in [0.2, 0.25) is 5.02 Å². The number of benzene rings is 1. The average Bonchev–Trinajstić information content (AvgIpc) is 2.76. The lowest BCUT2D eigenvalue weighted by Gasteiger charge is -2.09. The van der Waals surface area contributed by atoms with Gasteiger partial charge in [0, 0.05) is 4.47 Å². The summed E-state index contributed by atoms with van der Waals surface area (Å²) in [5.41, 5.74) is 1.11. The fourth-order valence-corrected chi connectivity index (χ4v) is 2.32. The second-order valence-electron chi connectivity index (χ2n) is 3.60. The van der Waals surface area contributed by atoms with E-state index in [4.69, 9.17) is 16.0 Å². The smallest absolute Gasteiger partial charge is 0.228 e. The molecule has 0 saturated heterocycles. The highest BCUT2D eigenvalue weighted by molar-refractivity contribution is 9.10.